The summed E-state index contributed by atoms with van der Waals surface area (Å²) >= 11 is 0. The predicted molar refractivity (Wildman–Crippen MR) is 79.9 cm³/mol. The highest BCUT2D eigenvalue weighted by atomic mass is 19.1. The van der Waals surface area contributed by atoms with Gasteiger partial charge in [-0.3, -0.25) is 4.79 Å². The van der Waals surface area contributed by atoms with Gasteiger partial charge in [-0.05, 0) is 42.8 Å². The maximum absolute atomic E-state index is 13.8. The highest BCUT2D eigenvalue weighted by Gasteiger charge is 2.11. The number of ether oxygens (including phenoxy) is 1. The van der Waals surface area contributed by atoms with Crippen LogP contribution in [0.3, 0.4) is 0 Å². The van der Waals surface area contributed by atoms with Crippen molar-refractivity contribution < 1.29 is 13.9 Å². The molecule has 0 bridgehead atoms. The number of hydrogen-bond acceptors (Lipinski definition) is 3. The second-order valence-corrected chi connectivity index (χ2v) is 4.70. The second-order valence-electron chi connectivity index (χ2n) is 4.70. The lowest BCUT2D eigenvalue weighted by molar-refractivity contribution is 0.100. The summed E-state index contributed by atoms with van der Waals surface area (Å²) in [5.74, 6) is -0.261. The molecule has 1 amide bonds. The quantitative estimate of drug-likeness (QED) is 0.888. The van der Waals surface area contributed by atoms with Crippen molar-refractivity contribution in [2.75, 3.05) is 12.4 Å². The zero-order valence-corrected chi connectivity index (χ0v) is 11.9. The average Bonchev–Trinajstić information content (AvgIpc) is 2.49. The minimum atomic E-state index is -0.588. The van der Waals surface area contributed by atoms with Gasteiger partial charge < -0.3 is 15.8 Å². The minimum Gasteiger partial charge on any atom is -0.497 e. The lowest BCUT2D eigenvalue weighted by Crippen LogP contribution is -2.13. The van der Waals surface area contributed by atoms with Gasteiger partial charge in [0.05, 0.1) is 12.8 Å². The molecule has 4 nitrogen and oxygen atoms in total. The molecule has 5 heteroatoms. The van der Waals surface area contributed by atoms with E-state index in [4.69, 9.17) is 10.5 Å². The summed E-state index contributed by atoms with van der Waals surface area (Å²) in [7, 11) is 1.60. The fourth-order valence-corrected chi connectivity index (χ4v) is 2.00. The van der Waals surface area contributed by atoms with Crippen molar-refractivity contribution in [1.29, 1.82) is 0 Å². The third-order valence-corrected chi connectivity index (χ3v) is 3.24. The number of nitrogens with one attached hydrogen (secondary N) is 1. The maximum Gasteiger partial charge on any atom is 0.248 e. The molecule has 0 aliphatic heterocycles. The highest BCUT2D eigenvalue weighted by molar-refractivity contribution is 5.93. The Bertz CT molecular complexity index is 641. The molecule has 2 rings (SSSR count). The van der Waals surface area contributed by atoms with Gasteiger partial charge in [0.1, 0.15) is 11.6 Å². The van der Waals surface area contributed by atoms with Gasteiger partial charge in [0.25, 0.3) is 0 Å². The Morgan fingerprint density at radius 1 is 1.24 bits per heavy atom. The number of rotatable bonds is 5. The summed E-state index contributed by atoms with van der Waals surface area (Å²) in [4.78, 5) is 11.1. The minimum absolute atomic E-state index is 0.131. The van der Waals surface area contributed by atoms with Crippen LogP contribution < -0.4 is 15.8 Å². The SMILES string of the molecule is COc1ccc(C(C)Nc2cc(C(N)=O)ccc2F)cc1. The van der Waals surface area contributed by atoms with E-state index in [2.05, 4.69) is 5.32 Å². The van der Waals surface area contributed by atoms with Crippen molar-refractivity contribution in [1.82, 2.24) is 0 Å². The number of primary amides is 1. The molecule has 0 heterocycles. The summed E-state index contributed by atoms with van der Waals surface area (Å²) < 4.78 is 18.9. The number of halogens is 1. The maximum atomic E-state index is 13.8. The molecule has 0 aromatic heterocycles. The molecule has 2 aromatic carbocycles. The summed E-state index contributed by atoms with van der Waals surface area (Å²) in [5.41, 5.74) is 6.69. The number of carbonyl (C=O) groups excluding carboxylic acids is 1. The van der Waals surface area contributed by atoms with Gasteiger partial charge in [-0.15, -0.1) is 0 Å². The Morgan fingerprint density at radius 2 is 1.90 bits per heavy atom. The van der Waals surface area contributed by atoms with E-state index in [0.717, 1.165) is 11.3 Å². The van der Waals surface area contributed by atoms with Crippen LogP contribution in [-0.4, -0.2) is 13.0 Å². The molecule has 1 atom stereocenters. The van der Waals surface area contributed by atoms with E-state index in [0.29, 0.717) is 0 Å². The first-order valence-corrected chi connectivity index (χ1v) is 6.51. The third-order valence-electron chi connectivity index (χ3n) is 3.24. The van der Waals surface area contributed by atoms with Crippen LogP contribution in [-0.2, 0) is 0 Å². The first-order valence-electron chi connectivity index (χ1n) is 6.51. The molecule has 21 heavy (non-hydrogen) atoms. The van der Waals surface area contributed by atoms with Crippen molar-refractivity contribution >= 4 is 11.6 Å². The molecule has 0 spiro atoms. The standard InChI is InChI=1S/C16H17FN2O2/c1-10(11-3-6-13(21-2)7-4-11)19-15-9-12(16(18)20)5-8-14(15)17/h3-10,19H,1-2H3,(H2,18,20). The molecule has 0 radical (unpaired) electrons. The summed E-state index contributed by atoms with van der Waals surface area (Å²) in [6.45, 7) is 1.90. The summed E-state index contributed by atoms with van der Waals surface area (Å²) in [6, 6.07) is 11.3. The van der Waals surface area contributed by atoms with Crippen molar-refractivity contribution in [2.45, 2.75) is 13.0 Å². The van der Waals surface area contributed by atoms with E-state index in [-0.39, 0.29) is 17.3 Å². The van der Waals surface area contributed by atoms with Crippen LogP contribution in [0.5, 0.6) is 5.75 Å². The van der Waals surface area contributed by atoms with Gasteiger partial charge in [-0.2, -0.15) is 0 Å². The van der Waals surface area contributed by atoms with Gasteiger partial charge in [0, 0.05) is 11.6 Å². The molecule has 0 aliphatic rings. The zero-order valence-electron chi connectivity index (χ0n) is 11.9. The monoisotopic (exact) mass is 288 g/mol. The molecule has 1 unspecified atom stereocenters. The first kappa shape index (κ1) is 14.8. The zero-order chi connectivity index (χ0) is 15.4. The first-order chi connectivity index (χ1) is 10.0. The normalized spacial score (nSPS) is 11.8. The number of methoxy groups -OCH3 is 1. The Hall–Kier alpha value is -2.56. The fraction of sp³-hybridized carbons (Fsp3) is 0.188. The van der Waals surface area contributed by atoms with Crippen LogP contribution in [0, 0.1) is 5.82 Å². The Balaban J connectivity index is 2.19. The van der Waals surface area contributed by atoms with Gasteiger partial charge >= 0.3 is 0 Å². The molecule has 0 aliphatic carbocycles. The van der Waals surface area contributed by atoms with Gasteiger partial charge in [0.2, 0.25) is 5.91 Å². The number of anilines is 1. The van der Waals surface area contributed by atoms with E-state index in [1.165, 1.54) is 18.2 Å². The lowest BCUT2D eigenvalue weighted by Gasteiger charge is -2.17. The molecule has 2 aromatic rings. The molecule has 0 fully saturated rings. The van der Waals surface area contributed by atoms with Gasteiger partial charge in [0.15, 0.2) is 0 Å². The number of benzene rings is 2. The van der Waals surface area contributed by atoms with Gasteiger partial charge in [-0.25, -0.2) is 4.39 Å². The fourth-order valence-electron chi connectivity index (χ4n) is 2.00. The van der Waals surface area contributed by atoms with E-state index in [1.807, 2.05) is 31.2 Å². The summed E-state index contributed by atoms with van der Waals surface area (Å²) in [5, 5.41) is 3.04. The van der Waals surface area contributed by atoms with Crippen LogP contribution in [0.1, 0.15) is 28.9 Å². The Kier molecular flexibility index (Phi) is 4.42. The van der Waals surface area contributed by atoms with Crippen LogP contribution in [0.25, 0.3) is 0 Å². The Labute approximate surface area is 122 Å². The van der Waals surface area contributed by atoms with Crippen molar-refractivity contribution in [3.8, 4) is 5.75 Å². The highest BCUT2D eigenvalue weighted by Crippen LogP contribution is 2.24. The topological polar surface area (TPSA) is 64.3 Å². The molecular formula is C16H17FN2O2. The number of hydrogen-bond donors (Lipinski definition) is 2. The van der Waals surface area contributed by atoms with E-state index in [1.54, 1.807) is 7.11 Å². The van der Waals surface area contributed by atoms with Gasteiger partial charge in [-0.1, -0.05) is 12.1 Å². The number of nitrogens with two attached hydrogens (primary N) is 1. The average molecular weight is 288 g/mol. The smallest absolute Gasteiger partial charge is 0.248 e. The van der Waals surface area contributed by atoms with E-state index >= 15 is 0 Å². The molecule has 0 saturated heterocycles. The number of carbonyl (C=O) groups is 1. The molecular weight excluding hydrogens is 271 g/mol. The lowest BCUT2D eigenvalue weighted by atomic mass is 10.1. The van der Waals surface area contributed by atoms with Crippen LogP contribution in [0.4, 0.5) is 10.1 Å². The van der Waals surface area contributed by atoms with E-state index < -0.39 is 11.7 Å². The Morgan fingerprint density at radius 3 is 2.48 bits per heavy atom. The van der Waals surface area contributed by atoms with Crippen molar-refractivity contribution in [3.05, 3.63) is 59.4 Å². The van der Waals surface area contributed by atoms with Crippen LogP contribution in [0.15, 0.2) is 42.5 Å². The second kappa shape index (κ2) is 6.26. The molecule has 110 valence electrons. The van der Waals surface area contributed by atoms with E-state index in [9.17, 15) is 9.18 Å². The summed E-state index contributed by atoms with van der Waals surface area (Å²) in [6.07, 6.45) is 0. The molecule has 0 saturated carbocycles. The van der Waals surface area contributed by atoms with Crippen molar-refractivity contribution in [3.63, 3.8) is 0 Å². The van der Waals surface area contributed by atoms with Crippen molar-refractivity contribution in [2.24, 2.45) is 5.73 Å². The largest absolute Gasteiger partial charge is 0.497 e. The number of amides is 1. The molecule has 3 N–H and O–H groups in total. The van der Waals surface area contributed by atoms with Crippen LogP contribution >= 0.6 is 0 Å². The third kappa shape index (κ3) is 3.51. The predicted octanol–water partition coefficient (Wildman–Crippen LogP) is 3.11. The van der Waals surface area contributed by atoms with Crippen LogP contribution in [0.2, 0.25) is 0 Å².